The van der Waals surface area contributed by atoms with Gasteiger partial charge in [-0.05, 0) is 43.3 Å². The highest BCUT2D eigenvalue weighted by Crippen LogP contribution is 2.15. The molecule has 0 heterocycles. The fraction of sp³-hybridized carbons (Fsp3) is 0.176. The molecule has 0 saturated heterocycles. The van der Waals surface area contributed by atoms with Gasteiger partial charge < -0.3 is 15.4 Å². The number of hydrogen-bond donors (Lipinski definition) is 2. The zero-order chi connectivity index (χ0) is 15.9. The van der Waals surface area contributed by atoms with Crippen molar-refractivity contribution in [1.29, 1.82) is 0 Å². The fourth-order valence-electron chi connectivity index (χ4n) is 1.91. The van der Waals surface area contributed by atoms with Crippen molar-refractivity contribution < 1.29 is 14.3 Å². The molecule has 0 saturated carbocycles. The lowest BCUT2D eigenvalue weighted by atomic mass is 10.1. The number of nitrogens with one attached hydrogen (secondary N) is 2. The van der Waals surface area contributed by atoms with Crippen LogP contribution in [-0.2, 0) is 4.79 Å². The first-order valence-corrected chi connectivity index (χ1v) is 6.87. The smallest absolute Gasteiger partial charge is 0.243 e. The predicted octanol–water partition coefficient (Wildman–Crippen LogP) is 2.95. The van der Waals surface area contributed by atoms with Crippen LogP contribution in [0, 0.1) is 0 Å². The summed E-state index contributed by atoms with van der Waals surface area (Å²) >= 11 is 0. The van der Waals surface area contributed by atoms with Crippen molar-refractivity contribution in [2.24, 2.45) is 0 Å². The monoisotopic (exact) mass is 298 g/mol. The average Bonchev–Trinajstić information content (AvgIpc) is 2.54. The molecule has 0 aliphatic carbocycles. The predicted molar refractivity (Wildman–Crippen MR) is 86.6 cm³/mol. The van der Waals surface area contributed by atoms with Crippen molar-refractivity contribution in [1.82, 2.24) is 0 Å². The summed E-state index contributed by atoms with van der Waals surface area (Å²) in [5, 5.41) is 5.77. The molecular weight excluding hydrogens is 280 g/mol. The Labute approximate surface area is 129 Å². The van der Waals surface area contributed by atoms with Gasteiger partial charge in [-0.1, -0.05) is 12.1 Å². The van der Waals surface area contributed by atoms with Crippen LogP contribution < -0.4 is 15.4 Å². The van der Waals surface area contributed by atoms with Gasteiger partial charge >= 0.3 is 0 Å². The number of methoxy groups -OCH3 is 1. The molecule has 5 nitrogen and oxygen atoms in total. The molecule has 0 aliphatic rings. The molecule has 22 heavy (non-hydrogen) atoms. The summed E-state index contributed by atoms with van der Waals surface area (Å²) in [5.41, 5.74) is 2.04. The zero-order valence-corrected chi connectivity index (χ0v) is 12.6. The summed E-state index contributed by atoms with van der Waals surface area (Å²) in [4.78, 5) is 23.2. The van der Waals surface area contributed by atoms with E-state index in [9.17, 15) is 9.59 Å². The van der Waals surface area contributed by atoms with E-state index in [1.807, 2.05) is 6.07 Å². The number of benzene rings is 2. The Bertz CT molecular complexity index is 666. The third-order valence-electron chi connectivity index (χ3n) is 3.10. The Morgan fingerprint density at radius 1 is 1.05 bits per heavy atom. The molecule has 0 atom stereocenters. The van der Waals surface area contributed by atoms with Crippen molar-refractivity contribution in [3.63, 3.8) is 0 Å². The molecule has 1 amide bonds. The molecule has 0 unspecified atom stereocenters. The Kier molecular flexibility index (Phi) is 5.14. The second kappa shape index (κ2) is 7.26. The lowest BCUT2D eigenvalue weighted by Crippen LogP contribution is -2.21. The summed E-state index contributed by atoms with van der Waals surface area (Å²) < 4.78 is 5.06. The standard InChI is InChI=1S/C17H18N2O3/c1-12(20)13-4-3-5-15(10-13)18-11-17(21)19-14-6-8-16(22-2)9-7-14/h3-10,18H,11H2,1-2H3,(H,19,21). The number of amides is 1. The molecule has 0 bridgehead atoms. The summed E-state index contributed by atoms with van der Waals surface area (Å²) in [5.74, 6) is 0.557. The second-order valence-electron chi connectivity index (χ2n) is 4.77. The van der Waals surface area contributed by atoms with E-state index in [4.69, 9.17) is 4.74 Å². The third kappa shape index (κ3) is 4.34. The normalized spacial score (nSPS) is 9.91. The lowest BCUT2D eigenvalue weighted by Gasteiger charge is -2.09. The van der Waals surface area contributed by atoms with Crippen LogP contribution in [0.1, 0.15) is 17.3 Å². The SMILES string of the molecule is COc1ccc(NC(=O)CNc2cccc(C(C)=O)c2)cc1. The fourth-order valence-corrected chi connectivity index (χ4v) is 1.91. The van der Waals surface area contributed by atoms with Crippen molar-refractivity contribution in [3.8, 4) is 5.75 Å². The lowest BCUT2D eigenvalue weighted by molar-refractivity contribution is -0.114. The number of rotatable bonds is 6. The number of ketones is 1. The number of Topliss-reactive ketones (excluding diaryl/α,β-unsaturated/α-hetero) is 1. The van der Waals surface area contributed by atoms with E-state index in [0.29, 0.717) is 11.3 Å². The second-order valence-corrected chi connectivity index (χ2v) is 4.77. The number of anilines is 2. The van der Waals surface area contributed by atoms with Gasteiger partial charge in [0.1, 0.15) is 5.75 Å². The molecule has 0 radical (unpaired) electrons. The number of carbonyl (C=O) groups is 2. The van der Waals surface area contributed by atoms with Crippen LogP contribution in [0.2, 0.25) is 0 Å². The average molecular weight is 298 g/mol. The molecule has 5 heteroatoms. The minimum Gasteiger partial charge on any atom is -0.497 e. The molecule has 114 valence electrons. The van der Waals surface area contributed by atoms with Gasteiger partial charge in [-0.15, -0.1) is 0 Å². The highest BCUT2D eigenvalue weighted by atomic mass is 16.5. The molecule has 0 spiro atoms. The summed E-state index contributed by atoms with van der Waals surface area (Å²) in [6.45, 7) is 1.63. The maximum atomic E-state index is 11.9. The minimum atomic E-state index is -0.168. The van der Waals surface area contributed by atoms with Crippen LogP contribution in [0.5, 0.6) is 5.75 Å². The Morgan fingerprint density at radius 3 is 2.41 bits per heavy atom. The van der Waals surface area contributed by atoms with E-state index >= 15 is 0 Å². The summed E-state index contributed by atoms with van der Waals surface area (Å²) in [6.07, 6.45) is 0. The highest BCUT2D eigenvalue weighted by molar-refractivity contribution is 5.96. The minimum absolute atomic E-state index is 0.00802. The topological polar surface area (TPSA) is 67.4 Å². The van der Waals surface area contributed by atoms with Crippen molar-refractivity contribution in [3.05, 3.63) is 54.1 Å². The zero-order valence-electron chi connectivity index (χ0n) is 12.6. The van der Waals surface area contributed by atoms with Crippen molar-refractivity contribution >= 4 is 23.1 Å². The quantitative estimate of drug-likeness (QED) is 0.805. The van der Waals surface area contributed by atoms with E-state index < -0.39 is 0 Å². The van der Waals surface area contributed by atoms with Gasteiger partial charge in [-0.25, -0.2) is 0 Å². The summed E-state index contributed by atoms with van der Waals surface area (Å²) in [6, 6.07) is 14.2. The van der Waals surface area contributed by atoms with Crippen LogP contribution in [0.25, 0.3) is 0 Å². The van der Waals surface area contributed by atoms with E-state index in [2.05, 4.69) is 10.6 Å². The van der Waals surface area contributed by atoms with E-state index in [1.54, 1.807) is 49.6 Å². The van der Waals surface area contributed by atoms with Crippen LogP contribution in [-0.4, -0.2) is 25.3 Å². The molecule has 0 aromatic heterocycles. The maximum absolute atomic E-state index is 11.9. The van der Waals surface area contributed by atoms with Crippen molar-refractivity contribution in [2.75, 3.05) is 24.3 Å². The molecule has 2 rings (SSSR count). The Balaban J connectivity index is 1.89. The number of carbonyl (C=O) groups excluding carboxylic acids is 2. The van der Waals surface area contributed by atoms with Gasteiger partial charge in [0.05, 0.1) is 13.7 Å². The van der Waals surface area contributed by atoms with Crippen LogP contribution in [0.4, 0.5) is 11.4 Å². The molecule has 2 N–H and O–H groups in total. The number of hydrogen-bond acceptors (Lipinski definition) is 4. The Hall–Kier alpha value is -2.82. The third-order valence-corrected chi connectivity index (χ3v) is 3.10. The first-order valence-electron chi connectivity index (χ1n) is 6.87. The molecular formula is C17H18N2O3. The van der Waals surface area contributed by atoms with E-state index in [0.717, 1.165) is 11.4 Å². The largest absolute Gasteiger partial charge is 0.497 e. The number of ether oxygens (including phenoxy) is 1. The first kappa shape index (κ1) is 15.6. The molecule has 0 fully saturated rings. The molecule has 0 aliphatic heterocycles. The van der Waals surface area contributed by atoms with Gasteiger partial charge in [0, 0.05) is 16.9 Å². The van der Waals surface area contributed by atoms with E-state index in [-0.39, 0.29) is 18.2 Å². The van der Waals surface area contributed by atoms with Gasteiger partial charge in [0.25, 0.3) is 0 Å². The van der Waals surface area contributed by atoms with Gasteiger partial charge in [-0.3, -0.25) is 9.59 Å². The highest BCUT2D eigenvalue weighted by Gasteiger charge is 2.04. The summed E-state index contributed by atoms with van der Waals surface area (Å²) in [7, 11) is 1.59. The van der Waals surface area contributed by atoms with Gasteiger partial charge in [-0.2, -0.15) is 0 Å². The molecule has 2 aromatic rings. The first-order chi connectivity index (χ1) is 10.6. The van der Waals surface area contributed by atoms with Crippen LogP contribution >= 0.6 is 0 Å². The van der Waals surface area contributed by atoms with Gasteiger partial charge in [0.15, 0.2) is 5.78 Å². The Morgan fingerprint density at radius 2 is 1.77 bits per heavy atom. The van der Waals surface area contributed by atoms with E-state index in [1.165, 1.54) is 6.92 Å². The van der Waals surface area contributed by atoms with Crippen LogP contribution in [0.3, 0.4) is 0 Å². The van der Waals surface area contributed by atoms with Crippen molar-refractivity contribution in [2.45, 2.75) is 6.92 Å². The molecule has 2 aromatic carbocycles. The van der Waals surface area contributed by atoms with Crippen LogP contribution in [0.15, 0.2) is 48.5 Å². The van der Waals surface area contributed by atoms with Gasteiger partial charge in [0.2, 0.25) is 5.91 Å². The maximum Gasteiger partial charge on any atom is 0.243 e.